The van der Waals surface area contributed by atoms with Gasteiger partial charge in [0.15, 0.2) is 0 Å². The lowest BCUT2D eigenvalue weighted by Gasteiger charge is -2.38. The highest BCUT2D eigenvalue weighted by Crippen LogP contribution is 2.29. The van der Waals surface area contributed by atoms with Gasteiger partial charge in [0.25, 0.3) is 0 Å². The number of aliphatic hydroxyl groups excluding tert-OH is 1. The molecule has 1 N–H and O–H groups in total. The van der Waals surface area contributed by atoms with E-state index in [0.717, 1.165) is 18.7 Å². The van der Waals surface area contributed by atoms with Crippen LogP contribution in [0.5, 0.6) is 0 Å². The van der Waals surface area contributed by atoms with Gasteiger partial charge in [-0.2, -0.15) is 0 Å². The lowest BCUT2D eigenvalue weighted by atomic mass is 9.91. The average molecular weight is 360 g/mol. The molecular weight excluding hydrogens is 330 g/mol. The largest absolute Gasteiger partial charge is 0.387 e. The summed E-state index contributed by atoms with van der Waals surface area (Å²) in [4.78, 5) is 2.41. The minimum absolute atomic E-state index is 0.0211. The molecule has 0 amide bonds. The molecule has 3 aromatic carbocycles. The van der Waals surface area contributed by atoms with Gasteiger partial charge in [-0.25, -0.2) is 0 Å². The van der Waals surface area contributed by atoms with E-state index < -0.39 is 6.10 Å². The molecular formula is C25H29NO. The average Bonchev–Trinajstić information content (AvgIpc) is 2.70. The minimum atomic E-state index is -0.529. The second kappa shape index (κ2) is 9.50. The summed E-state index contributed by atoms with van der Waals surface area (Å²) in [6.07, 6.45) is -0.529. The van der Waals surface area contributed by atoms with Gasteiger partial charge in [-0.1, -0.05) is 105 Å². The van der Waals surface area contributed by atoms with Crippen molar-refractivity contribution in [2.45, 2.75) is 39.1 Å². The van der Waals surface area contributed by atoms with Crippen molar-refractivity contribution in [2.75, 3.05) is 0 Å². The lowest BCUT2D eigenvalue weighted by Crippen LogP contribution is -2.42. The van der Waals surface area contributed by atoms with Crippen LogP contribution in [-0.4, -0.2) is 16.0 Å². The number of benzene rings is 3. The molecule has 140 valence electrons. The molecule has 0 fully saturated rings. The fourth-order valence-electron chi connectivity index (χ4n) is 3.74. The second-order valence-corrected chi connectivity index (χ2v) is 7.47. The van der Waals surface area contributed by atoms with Gasteiger partial charge in [-0.3, -0.25) is 4.90 Å². The van der Waals surface area contributed by atoms with Crippen LogP contribution in [0.2, 0.25) is 0 Å². The summed E-state index contributed by atoms with van der Waals surface area (Å²) in [6.45, 7) is 6.00. The monoisotopic (exact) mass is 359 g/mol. The Morgan fingerprint density at radius 2 is 1.07 bits per heavy atom. The fourth-order valence-corrected chi connectivity index (χ4v) is 3.74. The van der Waals surface area contributed by atoms with E-state index in [1.807, 2.05) is 42.5 Å². The van der Waals surface area contributed by atoms with Crippen LogP contribution in [0, 0.1) is 5.92 Å². The summed E-state index contributed by atoms with van der Waals surface area (Å²) in [5, 5.41) is 11.2. The van der Waals surface area contributed by atoms with Gasteiger partial charge in [-0.15, -0.1) is 0 Å². The highest BCUT2D eigenvalue weighted by molar-refractivity contribution is 5.21. The molecule has 27 heavy (non-hydrogen) atoms. The zero-order valence-electron chi connectivity index (χ0n) is 16.2. The molecule has 3 aromatic rings. The van der Waals surface area contributed by atoms with Gasteiger partial charge in [0.05, 0.1) is 6.10 Å². The third-order valence-corrected chi connectivity index (χ3v) is 5.03. The quantitative estimate of drug-likeness (QED) is 0.578. The number of hydrogen-bond acceptors (Lipinski definition) is 2. The molecule has 0 aliphatic heterocycles. The summed E-state index contributed by atoms with van der Waals surface area (Å²) < 4.78 is 0. The molecule has 0 spiro atoms. The first kappa shape index (κ1) is 19.3. The molecule has 2 atom stereocenters. The first-order valence-electron chi connectivity index (χ1n) is 9.70. The Morgan fingerprint density at radius 3 is 1.48 bits per heavy atom. The van der Waals surface area contributed by atoms with Gasteiger partial charge >= 0.3 is 0 Å². The van der Waals surface area contributed by atoms with Crippen molar-refractivity contribution in [3.63, 3.8) is 0 Å². The maximum absolute atomic E-state index is 11.2. The van der Waals surface area contributed by atoms with E-state index in [4.69, 9.17) is 0 Å². The standard InChI is InChI=1S/C25H29NO/c1-20(2)24(25(27)23-16-10-5-11-17-23)26(18-21-12-6-3-7-13-21)19-22-14-8-4-9-15-22/h3-17,20,24-25,27H,18-19H2,1-2H3/t24-,25+/m0/s1. The predicted molar refractivity (Wildman–Crippen MR) is 112 cm³/mol. The van der Waals surface area contributed by atoms with Gasteiger partial charge in [0, 0.05) is 19.1 Å². The smallest absolute Gasteiger partial charge is 0.0947 e. The molecule has 0 aromatic heterocycles. The van der Waals surface area contributed by atoms with Gasteiger partial charge in [0.2, 0.25) is 0 Å². The number of nitrogens with zero attached hydrogens (tertiary/aromatic N) is 1. The molecule has 0 saturated carbocycles. The molecule has 0 aliphatic carbocycles. The Hall–Kier alpha value is -2.42. The van der Waals surface area contributed by atoms with Crippen LogP contribution in [0.15, 0.2) is 91.0 Å². The number of rotatable bonds is 8. The Kier molecular flexibility index (Phi) is 6.80. The summed E-state index contributed by atoms with van der Waals surface area (Å²) in [5.41, 5.74) is 3.50. The Balaban J connectivity index is 1.92. The van der Waals surface area contributed by atoms with Gasteiger partial charge < -0.3 is 5.11 Å². The van der Waals surface area contributed by atoms with E-state index in [2.05, 4.69) is 67.3 Å². The van der Waals surface area contributed by atoms with E-state index in [0.29, 0.717) is 5.92 Å². The maximum Gasteiger partial charge on any atom is 0.0947 e. The SMILES string of the molecule is CC(C)[C@@H]([C@H](O)c1ccccc1)N(Cc1ccccc1)Cc1ccccc1. The molecule has 0 aliphatic rings. The van der Waals surface area contributed by atoms with Crippen molar-refractivity contribution < 1.29 is 5.11 Å². The van der Waals surface area contributed by atoms with E-state index in [-0.39, 0.29) is 6.04 Å². The summed E-state index contributed by atoms with van der Waals surface area (Å²) in [6, 6.07) is 31.1. The van der Waals surface area contributed by atoms with Crippen LogP contribution < -0.4 is 0 Å². The van der Waals surface area contributed by atoms with E-state index in [1.54, 1.807) is 0 Å². The second-order valence-electron chi connectivity index (χ2n) is 7.47. The van der Waals surface area contributed by atoms with Crippen molar-refractivity contribution in [1.29, 1.82) is 0 Å². The van der Waals surface area contributed by atoms with E-state index in [9.17, 15) is 5.11 Å². The van der Waals surface area contributed by atoms with Crippen molar-refractivity contribution in [3.8, 4) is 0 Å². The number of hydrogen-bond donors (Lipinski definition) is 1. The van der Waals surface area contributed by atoms with Crippen LogP contribution in [0.25, 0.3) is 0 Å². The van der Waals surface area contributed by atoms with E-state index >= 15 is 0 Å². The van der Waals surface area contributed by atoms with Crippen molar-refractivity contribution in [2.24, 2.45) is 5.92 Å². The van der Waals surface area contributed by atoms with Crippen LogP contribution >= 0.6 is 0 Å². The molecule has 0 unspecified atom stereocenters. The Bertz CT molecular complexity index is 745. The Morgan fingerprint density at radius 1 is 0.667 bits per heavy atom. The molecule has 0 bridgehead atoms. The third-order valence-electron chi connectivity index (χ3n) is 5.03. The zero-order valence-corrected chi connectivity index (χ0v) is 16.2. The van der Waals surface area contributed by atoms with Crippen LogP contribution in [0.3, 0.4) is 0 Å². The molecule has 0 saturated heterocycles. The molecule has 0 radical (unpaired) electrons. The van der Waals surface area contributed by atoms with Crippen LogP contribution in [0.4, 0.5) is 0 Å². The highest BCUT2D eigenvalue weighted by Gasteiger charge is 2.30. The van der Waals surface area contributed by atoms with E-state index in [1.165, 1.54) is 11.1 Å². The maximum atomic E-state index is 11.2. The third kappa shape index (κ3) is 5.29. The summed E-state index contributed by atoms with van der Waals surface area (Å²) in [5.74, 6) is 0.313. The van der Waals surface area contributed by atoms with Crippen LogP contribution in [0.1, 0.15) is 36.6 Å². The minimum Gasteiger partial charge on any atom is -0.387 e. The van der Waals surface area contributed by atoms with Crippen molar-refractivity contribution in [3.05, 3.63) is 108 Å². The first-order chi connectivity index (χ1) is 13.1. The zero-order chi connectivity index (χ0) is 19.1. The number of aliphatic hydroxyl groups is 1. The van der Waals surface area contributed by atoms with Gasteiger partial charge in [-0.05, 0) is 22.6 Å². The topological polar surface area (TPSA) is 23.5 Å². The van der Waals surface area contributed by atoms with Crippen LogP contribution in [-0.2, 0) is 13.1 Å². The lowest BCUT2D eigenvalue weighted by molar-refractivity contribution is 0.0129. The van der Waals surface area contributed by atoms with Crippen molar-refractivity contribution in [1.82, 2.24) is 4.90 Å². The fraction of sp³-hybridized carbons (Fsp3) is 0.280. The first-order valence-corrected chi connectivity index (χ1v) is 9.70. The predicted octanol–water partition coefficient (Wildman–Crippen LogP) is 5.45. The molecule has 3 rings (SSSR count). The molecule has 2 nitrogen and oxygen atoms in total. The summed E-state index contributed by atoms with van der Waals surface area (Å²) in [7, 11) is 0. The highest BCUT2D eigenvalue weighted by atomic mass is 16.3. The van der Waals surface area contributed by atoms with Crippen molar-refractivity contribution >= 4 is 0 Å². The van der Waals surface area contributed by atoms with Gasteiger partial charge in [0.1, 0.15) is 0 Å². The normalized spacial score (nSPS) is 13.7. The molecule has 0 heterocycles. The summed E-state index contributed by atoms with van der Waals surface area (Å²) >= 11 is 0. The Labute approximate surface area is 163 Å². The molecule has 2 heteroatoms.